The van der Waals surface area contributed by atoms with Gasteiger partial charge in [0.1, 0.15) is 10.7 Å². The average Bonchev–Trinajstić information content (AvgIpc) is 2.60. The summed E-state index contributed by atoms with van der Waals surface area (Å²) in [6, 6.07) is 5.45. The Hall–Kier alpha value is -1.95. The van der Waals surface area contributed by atoms with Gasteiger partial charge in [0.15, 0.2) is 0 Å². The predicted octanol–water partition coefficient (Wildman–Crippen LogP) is 2.15. The molecule has 0 aliphatic rings. The Morgan fingerprint density at radius 2 is 1.94 bits per heavy atom. The maximum absolute atomic E-state index is 12.7. The quantitative estimate of drug-likeness (QED) is 0.905. The number of carbonyl (C=O) groups excluding carboxylic acids is 1. The number of hydrogen-bond donors (Lipinski definition) is 1. The maximum atomic E-state index is 12.7. The summed E-state index contributed by atoms with van der Waals surface area (Å²) in [5.41, 5.74) is 1.11. The molecular formula is C12H11FN2O2S. The summed E-state index contributed by atoms with van der Waals surface area (Å²) < 4.78 is 14.1. The number of hydrogen-bond acceptors (Lipinski definition) is 3. The summed E-state index contributed by atoms with van der Waals surface area (Å²) in [5.74, 6) is -0.727. The van der Waals surface area contributed by atoms with Crippen molar-refractivity contribution in [2.45, 2.75) is 6.92 Å². The van der Waals surface area contributed by atoms with Gasteiger partial charge in [0.05, 0.1) is 0 Å². The van der Waals surface area contributed by atoms with Crippen molar-refractivity contribution in [3.63, 3.8) is 0 Å². The van der Waals surface area contributed by atoms with Crippen LogP contribution in [0.2, 0.25) is 0 Å². The van der Waals surface area contributed by atoms with Crippen molar-refractivity contribution < 1.29 is 9.18 Å². The fraction of sp³-hybridized carbons (Fsp3) is 0.167. The van der Waals surface area contributed by atoms with Crippen LogP contribution in [-0.2, 0) is 7.05 Å². The van der Waals surface area contributed by atoms with Crippen LogP contribution in [0.1, 0.15) is 15.4 Å². The number of rotatable bonds is 2. The second-order valence-corrected chi connectivity index (χ2v) is 4.76. The van der Waals surface area contributed by atoms with E-state index < -0.39 is 0 Å². The SMILES string of the molecule is Cc1c(C(=O)Nc2ccc(F)cc2)sc(=O)n1C. The molecule has 1 aromatic heterocycles. The second kappa shape index (κ2) is 4.73. The summed E-state index contributed by atoms with van der Waals surface area (Å²) in [6.45, 7) is 1.71. The number of nitrogens with one attached hydrogen (secondary N) is 1. The molecule has 2 rings (SSSR count). The minimum Gasteiger partial charge on any atom is -0.321 e. The van der Waals surface area contributed by atoms with Crippen molar-refractivity contribution in [2.75, 3.05) is 5.32 Å². The van der Waals surface area contributed by atoms with Crippen LogP contribution >= 0.6 is 11.3 Å². The first-order valence-electron chi connectivity index (χ1n) is 5.22. The number of nitrogens with zero attached hydrogens (tertiary/aromatic N) is 1. The highest BCUT2D eigenvalue weighted by molar-refractivity contribution is 7.11. The van der Waals surface area contributed by atoms with Gasteiger partial charge in [0, 0.05) is 18.4 Å². The molecule has 94 valence electrons. The summed E-state index contributed by atoms with van der Waals surface area (Å²) in [6.07, 6.45) is 0. The lowest BCUT2D eigenvalue weighted by atomic mass is 10.3. The normalized spacial score (nSPS) is 10.4. The maximum Gasteiger partial charge on any atom is 0.307 e. The van der Waals surface area contributed by atoms with Crippen LogP contribution < -0.4 is 10.2 Å². The van der Waals surface area contributed by atoms with Crippen LogP contribution in [0.5, 0.6) is 0 Å². The Labute approximate surface area is 107 Å². The van der Waals surface area contributed by atoms with E-state index in [1.807, 2.05) is 0 Å². The van der Waals surface area contributed by atoms with Crippen molar-refractivity contribution >= 4 is 22.9 Å². The van der Waals surface area contributed by atoms with E-state index in [2.05, 4.69) is 5.32 Å². The van der Waals surface area contributed by atoms with Crippen molar-refractivity contribution in [3.05, 3.63) is 50.3 Å². The fourth-order valence-electron chi connectivity index (χ4n) is 1.45. The van der Waals surface area contributed by atoms with Gasteiger partial charge in [-0.25, -0.2) is 4.39 Å². The Morgan fingerprint density at radius 1 is 1.33 bits per heavy atom. The first-order valence-corrected chi connectivity index (χ1v) is 6.04. The first-order chi connectivity index (χ1) is 8.49. The zero-order chi connectivity index (χ0) is 13.3. The molecule has 1 amide bonds. The molecule has 0 saturated carbocycles. The molecule has 1 aromatic carbocycles. The number of halogens is 1. The van der Waals surface area contributed by atoms with E-state index in [0.717, 1.165) is 11.3 Å². The molecule has 6 heteroatoms. The molecule has 0 spiro atoms. The van der Waals surface area contributed by atoms with E-state index >= 15 is 0 Å². The molecule has 0 unspecified atom stereocenters. The van der Waals surface area contributed by atoms with Gasteiger partial charge in [0.25, 0.3) is 5.91 Å². The van der Waals surface area contributed by atoms with E-state index in [4.69, 9.17) is 0 Å². The van der Waals surface area contributed by atoms with Crippen molar-refractivity contribution in [2.24, 2.45) is 7.05 Å². The molecule has 18 heavy (non-hydrogen) atoms. The molecule has 4 nitrogen and oxygen atoms in total. The predicted molar refractivity (Wildman–Crippen MR) is 68.7 cm³/mol. The standard InChI is InChI=1S/C12H11FN2O2S/c1-7-10(18-12(17)15(7)2)11(16)14-9-5-3-8(13)4-6-9/h3-6H,1-2H3,(H,14,16). The topological polar surface area (TPSA) is 51.1 Å². The lowest BCUT2D eigenvalue weighted by molar-refractivity contribution is 0.102. The Bertz CT molecular complexity index is 643. The van der Waals surface area contributed by atoms with Crippen LogP contribution in [0.25, 0.3) is 0 Å². The number of carbonyl (C=O) groups is 1. The van der Waals surface area contributed by atoms with Crippen LogP contribution in [0.15, 0.2) is 29.1 Å². The first kappa shape index (κ1) is 12.5. The zero-order valence-corrected chi connectivity index (χ0v) is 10.7. The molecular weight excluding hydrogens is 255 g/mol. The monoisotopic (exact) mass is 266 g/mol. The van der Waals surface area contributed by atoms with E-state index in [9.17, 15) is 14.0 Å². The summed E-state index contributed by atoms with van der Waals surface area (Å²) in [5, 5.41) is 2.62. The molecule has 0 fully saturated rings. The summed E-state index contributed by atoms with van der Waals surface area (Å²) in [7, 11) is 1.61. The lowest BCUT2D eigenvalue weighted by Crippen LogP contribution is -2.12. The van der Waals surface area contributed by atoms with Crippen molar-refractivity contribution in [1.29, 1.82) is 0 Å². The third-order valence-electron chi connectivity index (χ3n) is 2.60. The lowest BCUT2D eigenvalue weighted by Gasteiger charge is -2.04. The van der Waals surface area contributed by atoms with Crippen LogP contribution in [-0.4, -0.2) is 10.5 Å². The molecule has 1 heterocycles. The minimum atomic E-state index is -0.367. The van der Waals surface area contributed by atoms with Gasteiger partial charge in [-0.15, -0.1) is 0 Å². The third-order valence-corrected chi connectivity index (χ3v) is 3.74. The Morgan fingerprint density at radius 3 is 2.44 bits per heavy atom. The van der Waals surface area contributed by atoms with E-state index in [-0.39, 0.29) is 16.6 Å². The smallest absolute Gasteiger partial charge is 0.307 e. The van der Waals surface area contributed by atoms with Gasteiger partial charge < -0.3 is 9.88 Å². The van der Waals surface area contributed by atoms with Gasteiger partial charge in [-0.1, -0.05) is 11.3 Å². The van der Waals surface area contributed by atoms with Gasteiger partial charge in [-0.05, 0) is 31.2 Å². The zero-order valence-electron chi connectivity index (χ0n) is 9.86. The summed E-state index contributed by atoms with van der Waals surface area (Å²) in [4.78, 5) is 23.5. The van der Waals surface area contributed by atoms with E-state index in [0.29, 0.717) is 16.3 Å². The number of aromatic nitrogens is 1. The highest BCUT2D eigenvalue weighted by Crippen LogP contribution is 2.14. The molecule has 0 aliphatic heterocycles. The van der Waals surface area contributed by atoms with Gasteiger partial charge in [-0.3, -0.25) is 9.59 Å². The highest BCUT2D eigenvalue weighted by atomic mass is 32.1. The second-order valence-electron chi connectivity index (χ2n) is 3.80. The van der Waals surface area contributed by atoms with Gasteiger partial charge in [0.2, 0.25) is 0 Å². The van der Waals surface area contributed by atoms with Crippen molar-refractivity contribution in [3.8, 4) is 0 Å². The van der Waals surface area contributed by atoms with Gasteiger partial charge >= 0.3 is 4.87 Å². The molecule has 0 atom stereocenters. The molecule has 0 radical (unpaired) electrons. The number of thiazole rings is 1. The number of amides is 1. The molecule has 1 N–H and O–H groups in total. The molecule has 0 aliphatic carbocycles. The largest absolute Gasteiger partial charge is 0.321 e. The molecule has 0 bridgehead atoms. The Kier molecular flexibility index (Phi) is 3.29. The van der Waals surface area contributed by atoms with Crippen LogP contribution in [0.4, 0.5) is 10.1 Å². The number of anilines is 1. The van der Waals surface area contributed by atoms with Crippen LogP contribution in [0.3, 0.4) is 0 Å². The third kappa shape index (κ3) is 2.33. The van der Waals surface area contributed by atoms with Gasteiger partial charge in [-0.2, -0.15) is 0 Å². The fourth-order valence-corrected chi connectivity index (χ4v) is 2.33. The minimum absolute atomic E-state index is 0.184. The summed E-state index contributed by atoms with van der Waals surface area (Å²) >= 11 is 0.893. The van der Waals surface area contributed by atoms with Crippen LogP contribution in [0, 0.1) is 12.7 Å². The Balaban J connectivity index is 2.24. The van der Waals surface area contributed by atoms with Crippen molar-refractivity contribution in [1.82, 2.24) is 4.57 Å². The molecule has 2 aromatic rings. The average molecular weight is 266 g/mol. The number of benzene rings is 1. The molecule has 0 saturated heterocycles. The van der Waals surface area contributed by atoms with E-state index in [1.54, 1.807) is 14.0 Å². The van der Waals surface area contributed by atoms with E-state index in [1.165, 1.54) is 28.8 Å². The highest BCUT2D eigenvalue weighted by Gasteiger charge is 2.15.